The van der Waals surface area contributed by atoms with Gasteiger partial charge in [0.15, 0.2) is 6.61 Å². The molecule has 1 aromatic carbocycles. The number of esters is 2. The van der Waals surface area contributed by atoms with E-state index in [1.807, 2.05) is 6.07 Å². The molecule has 6 nitrogen and oxygen atoms in total. The lowest BCUT2D eigenvalue weighted by molar-refractivity contribution is -0.166. The van der Waals surface area contributed by atoms with Gasteiger partial charge in [0.2, 0.25) is 0 Å². The van der Waals surface area contributed by atoms with Crippen LogP contribution in [0, 0.1) is 0 Å². The molecule has 0 fully saturated rings. The number of methoxy groups -OCH3 is 1. The number of carbonyl (C=O) groups excluding carboxylic acids is 2. The lowest BCUT2D eigenvalue weighted by atomic mass is 10.1. The van der Waals surface area contributed by atoms with E-state index in [1.165, 1.54) is 6.26 Å². The molecule has 2 rings (SSSR count). The Morgan fingerprint density at radius 1 is 1.17 bits per heavy atom. The van der Waals surface area contributed by atoms with Crippen molar-refractivity contribution >= 4 is 22.9 Å². The molecule has 0 saturated carbocycles. The van der Waals surface area contributed by atoms with Crippen LogP contribution in [-0.2, 0) is 25.5 Å². The summed E-state index contributed by atoms with van der Waals surface area (Å²) in [7, 11) is 1.57. The monoisotopic (exact) mass is 320 g/mol. The van der Waals surface area contributed by atoms with Gasteiger partial charge in [-0.2, -0.15) is 0 Å². The maximum Gasteiger partial charge on any atom is 0.344 e. The van der Waals surface area contributed by atoms with Crippen molar-refractivity contribution in [2.75, 3.05) is 13.7 Å². The predicted molar refractivity (Wildman–Crippen MR) is 83.3 cm³/mol. The molecule has 0 aliphatic rings. The third kappa shape index (κ3) is 4.74. The van der Waals surface area contributed by atoms with Crippen molar-refractivity contribution in [2.45, 2.75) is 32.8 Å². The number of carbonyl (C=O) groups is 2. The molecule has 0 spiro atoms. The highest BCUT2D eigenvalue weighted by molar-refractivity contribution is 5.87. The van der Waals surface area contributed by atoms with E-state index in [9.17, 15) is 9.59 Å². The normalized spacial score (nSPS) is 11.3. The SMILES string of the molecule is COc1ccc2c(CC(=O)OCC(=O)OC(C)(C)C)coc2c1. The minimum atomic E-state index is -0.608. The first-order valence-electron chi connectivity index (χ1n) is 7.20. The number of hydrogen-bond acceptors (Lipinski definition) is 6. The van der Waals surface area contributed by atoms with Crippen molar-refractivity contribution in [3.05, 3.63) is 30.0 Å². The van der Waals surface area contributed by atoms with Crippen molar-refractivity contribution in [1.29, 1.82) is 0 Å². The second-order valence-corrected chi connectivity index (χ2v) is 6.05. The van der Waals surface area contributed by atoms with E-state index in [0.29, 0.717) is 16.9 Å². The van der Waals surface area contributed by atoms with Crippen LogP contribution in [0.4, 0.5) is 0 Å². The first-order chi connectivity index (χ1) is 10.8. The zero-order valence-corrected chi connectivity index (χ0v) is 13.7. The third-order valence-corrected chi connectivity index (χ3v) is 2.97. The smallest absolute Gasteiger partial charge is 0.344 e. The van der Waals surface area contributed by atoms with Crippen molar-refractivity contribution < 1.29 is 28.2 Å². The Balaban J connectivity index is 1.94. The number of furan rings is 1. The van der Waals surface area contributed by atoms with Gasteiger partial charge < -0.3 is 18.6 Å². The minimum Gasteiger partial charge on any atom is -0.497 e. The Morgan fingerprint density at radius 2 is 1.91 bits per heavy atom. The summed E-state index contributed by atoms with van der Waals surface area (Å²) < 4.78 is 20.5. The number of benzene rings is 1. The minimum absolute atomic E-state index is 0.0160. The first-order valence-corrected chi connectivity index (χ1v) is 7.20. The highest BCUT2D eigenvalue weighted by Crippen LogP contribution is 2.26. The molecule has 0 radical (unpaired) electrons. The van der Waals surface area contributed by atoms with E-state index in [4.69, 9.17) is 18.6 Å². The molecule has 0 aliphatic carbocycles. The van der Waals surface area contributed by atoms with Crippen LogP contribution in [0.1, 0.15) is 26.3 Å². The summed E-state index contributed by atoms with van der Waals surface area (Å²) in [5.74, 6) is -0.423. The van der Waals surface area contributed by atoms with Gasteiger partial charge in [-0.3, -0.25) is 4.79 Å². The largest absolute Gasteiger partial charge is 0.497 e. The fraction of sp³-hybridized carbons (Fsp3) is 0.412. The average molecular weight is 320 g/mol. The molecule has 0 N–H and O–H groups in total. The molecular weight excluding hydrogens is 300 g/mol. The fourth-order valence-corrected chi connectivity index (χ4v) is 2.04. The molecule has 0 saturated heterocycles. The van der Waals surface area contributed by atoms with Crippen molar-refractivity contribution in [3.63, 3.8) is 0 Å². The molecule has 6 heteroatoms. The standard InChI is InChI=1S/C17H20O6/c1-17(2,3)23-16(19)10-22-15(18)7-11-9-21-14-8-12(20-4)5-6-13(11)14/h5-6,8-9H,7,10H2,1-4H3. The maximum absolute atomic E-state index is 11.9. The average Bonchev–Trinajstić information content (AvgIpc) is 2.85. The fourth-order valence-electron chi connectivity index (χ4n) is 2.04. The van der Waals surface area contributed by atoms with Crippen LogP contribution in [0.15, 0.2) is 28.9 Å². The quantitative estimate of drug-likeness (QED) is 0.789. The summed E-state index contributed by atoms with van der Waals surface area (Å²) in [4.78, 5) is 23.4. The van der Waals surface area contributed by atoms with Gasteiger partial charge in [0, 0.05) is 17.0 Å². The van der Waals surface area contributed by atoms with Crippen LogP contribution in [0.2, 0.25) is 0 Å². The number of fused-ring (bicyclic) bond motifs is 1. The molecule has 1 aromatic heterocycles. The Morgan fingerprint density at radius 3 is 2.57 bits per heavy atom. The van der Waals surface area contributed by atoms with Gasteiger partial charge in [-0.25, -0.2) is 4.79 Å². The van der Waals surface area contributed by atoms with E-state index in [2.05, 4.69) is 0 Å². The first kappa shape index (κ1) is 16.9. The molecule has 0 unspecified atom stereocenters. The van der Waals surface area contributed by atoms with E-state index < -0.39 is 24.1 Å². The van der Waals surface area contributed by atoms with Gasteiger partial charge >= 0.3 is 11.9 Å². The number of rotatable bonds is 5. The lowest BCUT2D eigenvalue weighted by Crippen LogP contribution is -2.27. The molecule has 2 aromatic rings. The molecule has 124 valence electrons. The number of hydrogen-bond donors (Lipinski definition) is 0. The molecule has 0 amide bonds. The third-order valence-electron chi connectivity index (χ3n) is 2.97. The second-order valence-electron chi connectivity index (χ2n) is 6.05. The van der Waals surface area contributed by atoms with E-state index in [1.54, 1.807) is 40.0 Å². The molecule has 23 heavy (non-hydrogen) atoms. The summed E-state index contributed by atoms with van der Waals surface area (Å²) in [5.41, 5.74) is 0.708. The zero-order chi connectivity index (χ0) is 17.0. The van der Waals surface area contributed by atoms with Gasteiger partial charge in [-0.1, -0.05) is 0 Å². The second kappa shape index (κ2) is 6.73. The summed E-state index contributed by atoms with van der Waals surface area (Å²) in [6.45, 7) is 4.84. The number of ether oxygens (including phenoxy) is 3. The summed E-state index contributed by atoms with van der Waals surface area (Å²) >= 11 is 0. The Kier molecular flexibility index (Phi) is 4.93. The maximum atomic E-state index is 11.9. The highest BCUT2D eigenvalue weighted by atomic mass is 16.6. The van der Waals surface area contributed by atoms with Crippen LogP contribution in [-0.4, -0.2) is 31.3 Å². The van der Waals surface area contributed by atoms with Crippen LogP contribution in [0.5, 0.6) is 5.75 Å². The molecular formula is C17H20O6. The Hall–Kier alpha value is -2.50. The van der Waals surface area contributed by atoms with E-state index in [0.717, 1.165) is 5.39 Å². The summed E-state index contributed by atoms with van der Waals surface area (Å²) in [6.07, 6.45) is 1.51. The molecule has 0 bridgehead atoms. The Bertz CT molecular complexity index is 707. The van der Waals surface area contributed by atoms with Crippen molar-refractivity contribution in [2.24, 2.45) is 0 Å². The van der Waals surface area contributed by atoms with Crippen LogP contribution in [0.3, 0.4) is 0 Å². The van der Waals surface area contributed by atoms with Crippen molar-refractivity contribution in [1.82, 2.24) is 0 Å². The van der Waals surface area contributed by atoms with Gasteiger partial charge in [0.1, 0.15) is 16.9 Å². The van der Waals surface area contributed by atoms with Crippen molar-refractivity contribution in [3.8, 4) is 5.75 Å². The Labute approximate surface area is 134 Å². The van der Waals surface area contributed by atoms with E-state index in [-0.39, 0.29) is 6.42 Å². The van der Waals surface area contributed by atoms with Gasteiger partial charge in [-0.05, 0) is 32.9 Å². The molecule has 0 aliphatic heterocycles. The molecule has 1 heterocycles. The summed E-state index contributed by atoms with van der Waals surface area (Å²) in [6, 6.07) is 5.34. The summed E-state index contributed by atoms with van der Waals surface area (Å²) in [5, 5.41) is 0.806. The highest BCUT2D eigenvalue weighted by Gasteiger charge is 2.18. The zero-order valence-electron chi connectivity index (χ0n) is 13.7. The van der Waals surface area contributed by atoms with Crippen LogP contribution >= 0.6 is 0 Å². The van der Waals surface area contributed by atoms with Gasteiger partial charge in [-0.15, -0.1) is 0 Å². The van der Waals surface area contributed by atoms with Gasteiger partial charge in [0.25, 0.3) is 0 Å². The van der Waals surface area contributed by atoms with Crippen LogP contribution in [0.25, 0.3) is 11.0 Å². The topological polar surface area (TPSA) is 75.0 Å². The van der Waals surface area contributed by atoms with Crippen LogP contribution < -0.4 is 4.74 Å². The predicted octanol–water partition coefficient (Wildman–Crippen LogP) is 2.87. The van der Waals surface area contributed by atoms with Gasteiger partial charge in [0.05, 0.1) is 19.8 Å². The van der Waals surface area contributed by atoms with E-state index >= 15 is 0 Å². The molecule has 0 atom stereocenters. The lowest BCUT2D eigenvalue weighted by Gasteiger charge is -2.19.